The van der Waals surface area contributed by atoms with Gasteiger partial charge in [0, 0.05) is 6.54 Å². The summed E-state index contributed by atoms with van der Waals surface area (Å²) in [5, 5.41) is 13.2. The van der Waals surface area contributed by atoms with E-state index in [1.54, 1.807) is 0 Å². The van der Waals surface area contributed by atoms with Crippen LogP contribution in [0, 0.1) is 0 Å². The Morgan fingerprint density at radius 3 is 3.06 bits per heavy atom. The SMILES string of the molecule is CCNCC(O)CC1CCCc2ccccc21. The fourth-order valence-corrected chi connectivity index (χ4v) is 2.82. The fraction of sp³-hybridized carbons (Fsp3) is 0.600. The molecule has 17 heavy (non-hydrogen) atoms. The van der Waals surface area contributed by atoms with Gasteiger partial charge in [-0.25, -0.2) is 0 Å². The molecule has 0 aromatic heterocycles. The normalized spacial score (nSPS) is 20.9. The van der Waals surface area contributed by atoms with E-state index in [1.807, 2.05) is 0 Å². The monoisotopic (exact) mass is 233 g/mol. The van der Waals surface area contributed by atoms with Gasteiger partial charge in [-0.1, -0.05) is 31.2 Å². The quantitative estimate of drug-likeness (QED) is 0.819. The number of aliphatic hydroxyl groups excluding tert-OH is 1. The second-order valence-electron chi connectivity index (χ2n) is 4.99. The molecule has 0 bridgehead atoms. The van der Waals surface area contributed by atoms with Gasteiger partial charge in [0.05, 0.1) is 6.10 Å². The Labute approximate surface area is 104 Å². The summed E-state index contributed by atoms with van der Waals surface area (Å²) in [6, 6.07) is 8.71. The van der Waals surface area contributed by atoms with E-state index in [1.165, 1.54) is 30.4 Å². The molecule has 0 aliphatic heterocycles. The number of nitrogens with one attached hydrogen (secondary N) is 1. The van der Waals surface area contributed by atoms with Crippen molar-refractivity contribution in [2.24, 2.45) is 0 Å². The van der Waals surface area contributed by atoms with Crippen LogP contribution in [-0.2, 0) is 6.42 Å². The molecule has 0 saturated heterocycles. The number of fused-ring (bicyclic) bond motifs is 1. The highest BCUT2D eigenvalue weighted by molar-refractivity contribution is 5.32. The molecule has 2 nitrogen and oxygen atoms in total. The predicted octanol–water partition coefficient (Wildman–Crippen LogP) is 2.47. The van der Waals surface area contributed by atoms with Crippen LogP contribution in [0.3, 0.4) is 0 Å². The second-order valence-corrected chi connectivity index (χ2v) is 4.99. The maximum Gasteiger partial charge on any atom is 0.0670 e. The van der Waals surface area contributed by atoms with E-state index in [9.17, 15) is 5.11 Å². The van der Waals surface area contributed by atoms with Gasteiger partial charge in [0.2, 0.25) is 0 Å². The van der Waals surface area contributed by atoms with Crippen LogP contribution in [0.2, 0.25) is 0 Å². The lowest BCUT2D eigenvalue weighted by Gasteiger charge is -2.27. The van der Waals surface area contributed by atoms with Crippen LogP contribution in [0.5, 0.6) is 0 Å². The van der Waals surface area contributed by atoms with E-state index in [0.717, 1.165) is 19.5 Å². The number of rotatable bonds is 5. The summed E-state index contributed by atoms with van der Waals surface area (Å²) in [5.74, 6) is 0.550. The molecule has 2 atom stereocenters. The lowest BCUT2D eigenvalue weighted by Crippen LogP contribution is -2.28. The van der Waals surface area contributed by atoms with Crippen molar-refractivity contribution >= 4 is 0 Å². The Hall–Kier alpha value is -0.860. The topological polar surface area (TPSA) is 32.3 Å². The zero-order valence-electron chi connectivity index (χ0n) is 10.7. The molecule has 1 aliphatic carbocycles. The van der Waals surface area contributed by atoms with Gasteiger partial charge in [0.25, 0.3) is 0 Å². The first-order chi connectivity index (χ1) is 8.31. The number of hydrogen-bond acceptors (Lipinski definition) is 2. The van der Waals surface area contributed by atoms with Gasteiger partial charge in [-0.3, -0.25) is 0 Å². The van der Waals surface area contributed by atoms with Crippen LogP contribution >= 0.6 is 0 Å². The third kappa shape index (κ3) is 3.30. The molecule has 0 fully saturated rings. The van der Waals surface area contributed by atoms with Gasteiger partial charge < -0.3 is 10.4 Å². The Kier molecular flexibility index (Phi) is 4.57. The first-order valence-electron chi connectivity index (χ1n) is 6.77. The molecule has 1 aromatic rings. The maximum absolute atomic E-state index is 10.00. The minimum absolute atomic E-state index is 0.217. The summed E-state index contributed by atoms with van der Waals surface area (Å²) in [6.07, 6.45) is 4.36. The molecule has 1 aliphatic rings. The lowest BCUT2D eigenvalue weighted by molar-refractivity contribution is 0.150. The lowest BCUT2D eigenvalue weighted by atomic mass is 9.80. The van der Waals surface area contributed by atoms with Crippen LogP contribution in [0.1, 0.15) is 43.2 Å². The molecule has 0 amide bonds. The zero-order chi connectivity index (χ0) is 12.1. The Morgan fingerprint density at radius 1 is 1.41 bits per heavy atom. The van der Waals surface area contributed by atoms with Gasteiger partial charge >= 0.3 is 0 Å². The highest BCUT2D eigenvalue weighted by atomic mass is 16.3. The van der Waals surface area contributed by atoms with Gasteiger partial charge in [0.1, 0.15) is 0 Å². The Morgan fingerprint density at radius 2 is 2.24 bits per heavy atom. The zero-order valence-corrected chi connectivity index (χ0v) is 10.7. The fourth-order valence-electron chi connectivity index (χ4n) is 2.82. The summed E-state index contributed by atoms with van der Waals surface area (Å²) in [7, 11) is 0. The molecular formula is C15H23NO. The predicted molar refractivity (Wildman–Crippen MR) is 71.3 cm³/mol. The van der Waals surface area contributed by atoms with Crippen LogP contribution in [-0.4, -0.2) is 24.3 Å². The summed E-state index contributed by atoms with van der Waals surface area (Å²) in [6.45, 7) is 3.72. The van der Waals surface area contributed by atoms with Gasteiger partial charge in [0.15, 0.2) is 0 Å². The highest BCUT2D eigenvalue weighted by Crippen LogP contribution is 2.34. The molecular weight excluding hydrogens is 210 g/mol. The largest absolute Gasteiger partial charge is 0.392 e. The van der Waals surface area contributed by atoms with E-state index >= 15 is 0 Å². The minimum Gasteiger partial charge on any atom is -0.392 e. The molecule has 94 valence electrons. The van der Waals surface area contributed by atoms with Crippen molar-refractivity contribution in [1.29, 1.82) is 0 Å². The molecule has 0 saturated carbocycles. The Bertz CT molecular complexity index is 351. The molecule has 0 spiro atoms. The third-order valence-electron chi connectivity index (χ3n) is 3.68. The highest BCUT2D eigenvalue weighted by Gasteiger charge is 2.21. The smallest absolute Gasteiger partial charge is 0.0670 e. The van der Waals surface area contributed by atoms with Crippen molar-refractivity contribution in [2.45, 2.75) is 44.6 Å². The first kappa shape index (κ1) is 12.6. The van der Waals surface area contributed by atoms with Crippen molar-refractivity contribution in [2.75, 3.05) is 13.1 Å². The van der Waals surface area contributed by atoms with Gasteiger partial charge in [-0.15, -0.1) is 0 Å². The summed E-state index contributed by atoms with van der Waals surface area (Å²) in [5.41, 5.74) is 2.95. The number of hydrogen-bond donors (Lipinski definition) is 2. The maximum atomic E-state index is 10.00. The number of aryl methyl sites for hydroxylation is 1. The van der Waals surface area contributed by atoms with E-state index in [4.69, 9.17) is 0 Å². The van der Waals surface area contributed by atoms with Crippen LogP contribution in [0.4, 0.5) is 0 Å². The third-order valence-corrected chi connectivity index (χ3v) is 3.68. The number of aliphatic hydroxyl groups is 1. The van der Waals surface area contributed by atoms with Crippen molar-refractivity contribution in [3.8, 4) is 0 Å². The molecule has 0 radical (unpaired) electrons. The average molecular weight is 233 g/mol. The minimum atomic E-state index is -0.217. The van der Waals surface area contributed by atoms with Gasteiger partial charge in [-0.05, 0) is 49.3 Å². The molecule has 0 heterocycles. The van der Waals surface area contributed by atoms with Crippen molar-refractivity contribution < 1.29 is 5.11 Å². The summed E-state index contributed by atoms with van der Waals surface area (Å²) < 4.78 is 0. The van der Waals surface area contributed by atoms with Crippen molar-refractivity contribution in [3.63, 3.8) is 0 Å². The molecule has 2 unspecified atom stereocenters. The first-order valence-corrected chi connectivity index (χ1v) is 6.77. The van der Waals surface area contributed by atoms with E-state index in [2.05, 4.69) is 36.5 Å². The Balaban J connectivity index is 1.98. The van der Waals surface area contributed by atoms with Crippen molar-refractivity contribution in [3.05, 3.63) is 35.4 Å². The van der Waals surface area contributed by atoms with Crippen LogP contribution < -0.4 is 5.32 Å². The summed E-state index contributed by atoms with van der Waals surface area (Å²) in [4.78, 5) is 0. The van der Waals surface area contributed by atoms with Crippen LogP contribution in [0.15, 0.2) is 24.3 Å². The molecule has 2 heteroatoms. The molecule has 1 aromatic carbocycles. The van der Waals surface area contributed by atoms with Crippen molar-refractivity contribution in [1.82, 2.24) is 5.32 Å². The van der Waals surface area contributed by atoms with Gasteiger partial charge in [-0.2, -0.15) is 0 Å². The van der Waals surface area contributed by atoms with Crippen LogP contribution in [0.25, 0.3) is 0 Å². The molecule has 2 rings (SSSR count). The summed E-state index contributed by atoms with van der Waals surface area (Å²) >= 11 is 0. The molecule has 2 N–H and O–H groups in total. The number of benzene rings is 1. The number of likely N-dealkylation sites (N-methyl/N-ethyl adjacent to an activating group) is 1. The van der Waals surface area contributed by atoms with E-state index in [-0.39, 0.29) is 6.10 Å². The standard InChI is InChI=1S/C15H23NO/c1-2-16-11-14(17)10-13-8-5-7-12-6-3-4-9-15(12)13/h3-4,6,9,13-14,16-17H,2,5,7-8,10-11H2,1H3. The van der Waals surface area contributed by atoms with E-state index in [0.29, 0.717) is 5.92 Å². The van der Waals surface area contributed by atoms with E-state index < -0.39 is 0 Å². The average Bonchev–Trinajstić information content (AvgIpc) is 2.37. The second kappa shape index (κ2) is 6.18.